The SMILES string of the molecule is C/C=C\CCCC(N)=O.Clc1cc(CCC/C=C/C2CCCC2)c(Cl)s1. The van der Waals surface area contributed by atoms with Crippen molar-refractivity contribution in [2.24, 2.45) is 11.7 Å². The third-order valence-electron chi connectivity index (χ3n) is 4.38. The third-order valence-corrected chi connectivity index (χ3v) is 5.95. The zero-order valence-electron chi connectivity index (χ0n) is 15.7. The maximum absolute atomic E-state index is 10.2. The predicted octanol–water partition coefficient (Wildman–Crippen LogP) is 7.34. The Bertz CT molecular complexity index is 575. The molecule has 1 aromatic rings. The number of halogens is 2. The smallest absolute Gasteiger partial charge is 0.217 e. The molecule has 5 heteroatoms. The van der Waals surface area contributed by atoms with Crippen LogP contribution in [0.3, 0.4) is 0 Å². The van der Waals surface area contributed by atoms with E-state index in [1.807, 2.05) is 25.1 Å². The van der Waals surface area contributed by atoms with E-state index in [0.29, 0.717) is 6.42 Å². The van der Waals surface area contributed by atoms with Crippen LogP contribution in [0.1, 0.15) is 70.3 Å². The highest BCUT2D eigenvalue weighted by atomic mass is 35.5. The number of carbonyl (C=O) groups is 1. The van der Waals surface area contributed by atoms with Crippen LogP contribution in [0.2, 0.25) is 8.67 Å². The van der Waals surface area contributed by atoms with Gasteiger partial charge in [0.2, 0.25) is 5.91 Å². The lowest BCUT2D eigenvalue weighted by Gasteiger charge is -2.00. The summed E-state index contributed by atoms with van der Waals surface area (Å²) in [7, 11) is 0. The number of carbonyl (C=O) groups excluding carboxylic acids is 1. The van der Waals surface area contributed by atoms with Crippen LogP contribution in [0.4, 0.5) is 0 Å². The van der Waals surface area contributed by atoms with Gasteiger partial charge in [-0.05, 0) is 69.4 Å². The number of nitrogens with two attached hydrogens (primary N) is 1. The Kier molecular flexibility index (Phi) is 12.8. The Morgan fingerprint density at radius 3 is 2.50 bits per heavy atom. The first-order valence-electron chi connectivity index (χ1n) is 9.52. The molecule has 0 aromatic carbocycles. The van der Waals surface area contributed by atoms with Gasteiger partial charge in [-0.1, -0.05) is 60.3 Å². The molecule has 0 unspecified atom stereocenters. The molecule has 2 rings (SSSR count). The highest BCUT2D eigenvalue weighted by Gasteiger charge is 2.10. The summed E-state index contributed by atoms with van der Waals surface area (Å²) in [6, 6.07) is 2.00. The first-order valence-corrected chi connectivity index (χ1v) is 11.1. The van der Waals surface area contributed by atoms with Gasteiger partial charge in [-0.25, -0.2) is 0 Å². The summed E-state index contributed by atoms with van der Waals surface area (Å²) >= 11 is 13.5. The van der Waals surface area contributed by atoms with Crippen LogP contribution in [0.25, 0.3) is 0 Å². The lowest BCUT2D eigenvalue weighted by Crippen LogP contribution is -2.09. The third kappa shape index (κ3) is 11.1. The van der Waals surface area contributed by atoms with Crippen molar-refractivity contribution >= 4 is 40.4 Å². The van der Waals surface area contributed by atoms with Crippen LogP contribution >= 0.6 is 34.5 Å². The van der Waals surface area contributed by atoms with E-state index in [4.69, 9.17) is 28.9 Å². The van der Waals surface area contributed by atoms with Crippen LogP contribution in [0.15, 0.2) is 30.4 Å². The van der Waals surface area contributed by atoms with Crippen LogP contribution < -0.4 is 5.73 Å². The topological polar surface area (TPSA) is 43.1 Å². The van der Waals surface area contributed by atoms with E-state index in [-0.39, 0.29) is 5.91 Å². The van der Waals surface area contributed by atoms with Crippen molar-refractivity contribution in [1.29, 1.82) is 0 Å². The molecule has 1 aliphatic rings. The van der Waals surface area contributed by atoms with Gasteiger partial charge in [0, 0.05) is 6.42 Å². The van der Waals surface area contributed by atoms with Gasteiger partial charge in [0.05, 0.1) is 8.67 Å². The summed E-state index contributed by atoms with van der Waals surface area (Å²) in [5.74, 6) is 0.647. The maximum atomic E-state index is 10.2. The number of unbranched alkanes of at least 4 members (excludes halogenated alkanes) is 2. The summed E-state index contributed by atoms with van der Waals surface area (Å²) in [5.41, 5.74) is 6.12. The number of thiophene rings is 1. The molecule has 2 N–H and O–H groups in total. The van der Waals surface area contributed by atoms with E-state index in [1.165, 1.54) is 42.6 Å². The molecule has 1 fully saturated rings. The number of hydrogen-bond acceptors (Lipinski definition) is 2. The fourth-order valence-corrected chi connectivity index (χ4v) is 4.50. The molecular weight excluding hydrogens is 385 g/mol. The number of allylic oxidation sites excluding steroid dienone is 4. The van der Waals surface area contributed by atoms with E-state index in [9.17, 15) is 4.79 Å². The van der Waals surface area contributed by atoms with Crippen molar-refractivity contribution < 1.29 is 4.79 Å². The molecule has 1 amide bonds. The number of hydrogen-bond donors (Lipinski definition) is 1. The van der Waals surface area contributed by atoms with Gasteiger partial charge in [-0.3, -0.25) is 4.79 Å². The number of aryl methyl sites for hydroxylation is 1. The van der Waals surface area contributed by atoms with Gasteiger partial charge in [0.15, 0.2) is 0 Å². The predicted molar refractivity (Wildman–Crippen MR) is 116 cm³/mol. The Morgan fingerprint density at radius 1 is 1.23 bits per heavy atom. The van der Waals surface area contributed by atoms with Gasteiger partial charge in [0.25, 0.3) is 0 Å². The standard InChI is InChI=1S/C14H18Cl2S.C7H13NO/c15-13-10-12(14(16)17-13)9-3-1-2-6-11-7-4-5-8-11;1-2-3-4-5-6-7(8)9/h2,6,10-11H,1,3-5,7-9H2;2-3H,4-6H2,1H3,(H2,8,9)/b6-2+;3-2-. The van der Waals surface area contributed by atoms with Gasteiger partial charge in [-0.2, -0.15) is 0 Å². The molecule has 0 atom stereocenters. The summed E-state index contributed by atoms with van der Waals surface area (Å²) in [5, 5.41) is 0. The second kappa shape index (κ2) is 14.3. The normalized spacial score (nSPS) is 14.9. The molecule has 1 aliphatic carbocycles. The molecular formula is C21H31Cl2NOS. The minimum atomic E-state index is -0.209. The number of rotatable bonds is 9. The number of primary amides is 1. The summed E-state index contributed by atoms with van der Waals surface area (Å²) in [6.07, 6.45) is 20.1. The van der Waals surface area contributed by atoms with E-state index in [2.05, 4.69) is 12.2 Å². The summed E-state index contributed by atoms with van der Waals surface area (Å²) < 4.78 is 1.65. The van der Waals surface area contributed by atoms with Gasteiger partial charge >= 0.3 is 0 Å². The van der Waals surface area contributed by atoms with Crippen molar-refractivity contribution in [3.63, 3.8) is 0 Å². The molecule has 26 heavy (non-hydrogen) atoms. The van der Waals surface area contributed by atoms with Gasteiger partial charge in [0.1, 0.15) is 0 Å². The largest absolute Gasteiger partial charge is 0.370 e. The highest BCUT2D eigenvalue weighted by Crippen LogP contribution is 2.32. The van der Waals surface area contributed by atoms with Crippen LogP contribution in [0.5, 0.6) is 0 Å². The van der Waals surface area contributed by atoms with Crippen molar-refractivity contribution in [3.8, 4) is 0 Å². The minimum absolute atomic E-state index is 0.209. The first kappa shape index (κ1) is 23.3. The fourth-order valence-electron chi connectivity index (χ4n) is 2.95. The molecule has 0 radical (unpaired) electrons. The molecule has 0 bridgehead atoms. The molecule has 1 saturated carbocycles. The van der Waals surface area contributed by atoms with Crippen molar-refractivity contribution in [3.05, 3.63) is 44.6 Å². The molecule has 146 valence electrons. The zero-order valence-corrected chi connectivity index (χ0v) is 18.0. The Labute approximate surface area is 172 Å². The van der Waals surface area contributed by atoms with E-state index in [0.717, 1.165) is 46.7 Å². The van der Waals surface area contributed by atoms with E-state index in [1.54, 1.807) is 0 Å². The first-order chi connectivity index (χ1) is 12.5. The quantitative estimate of drug-likeness (QED) is 0.332. The van der Waals surface area contributed by atoms with Crippen molar-refractivity contribution in [2.45, 2.75) is 71.1 Å². The monoisotopic (exact) mass is 415 g/mol. The van der Waals surface area contributed by atoms with E-state index < -0.39 is 0 Å². The average molecular weight is 416 g/mol. The zero-order chi connectivity index (χ0) is 19.2. The van der Waals surface area contributed by atoms with Gasteiger partial charge in [-0.15, -0.1) is 11.3 Å². The molecule has 1 aromatic heterocycles. The van der Waals surface area contributed by atoms with Crippen molar-refractivity contribution in [1.82, 2.24) is 0 Å². The molecule has 0 aliphatic heterocycles. The second-order valence-corrected chi connectivity index (χ2v) is 8.93. The second-order valence-electron chi connectivity index (χ2n) is 6.64. The highest BCUT2D eigenvalue weighted by molar-refractivity contribution is 7.20. The average Bonchev–Trinajstić information content (AvgIpc) is 3.21. The fraction of sp³-hybridized carbons (Fsp3) is 0.571. The van der Waals surface area contributed by atoms with Crippen LogP contribution in [-0.4, -0.2) is 5.91 Å². The van der Waals surface area contributed by atoms with Crippen LogP contribution in [-0.2, 0) is 11.2 Å². The number of amides is 1. The minimum Gasteiger partial charge on any atom is -0.370 e. The summed E-state index contributed by atoms with van der Waals surface area (Å²) in [4.78, 5) is 10.2. The lowest BCUT2D eigenvalue weighted by atomic mass is 10.1. The molecule has 1 heterocycles. The Balaban J connectivity index is 0.000000321. The molecule has 0 saturated heterocycles. The summed E-state index contributed by atoms with van der Waals surface area (Å²) in [6.45, 7) is 1.96. The maximum Gasteiger partial charge on any atom is 0.217 e. The Morgan fingerprint density at radius 2 is 1.92 bits per heavy atom. The lowest BCUT2D eigenvalue weighted by molar-refractivity contribution is -0.118. The van der Waals surface area contributed by atoms with Crippen molar-refractivity contribution in [2.75, 3.05) is 0 Å². The molecule has 0 spiro atoms. The Hall–Kier alpha value is -0.770. The molecule has 2 nitrogen and oxygen atoms in total. The van der Waals surface area contributed by atoms with E-state index >= 15 is 0 Å². The van der Waals surface area contributed by atoms with Crippen LogP contribution in [0, 0.1) is 5.92 Å². The van der Waals surface area contributed by atoms with Gasteiger partial charge < -0.3 is 5.73 Å².